The number of hydroxylamine groups is 2. The molecular weight excluding hydrogens is 312 g/mol. The van der Waals surface area contributed by atoms with E-state index in [1.165, 1.54) is 17.0 Å². The number of nitro groups is 1. The second-order valence-electron chi connectivity index (χ2n) is 4.33. The SMILES string of the molecule is CCC(c1cccs1)N(C)Oc1ccc([N+](=O)[O-])cc1.Cl. The van der Waals surface area contributed by atoms with Gasteiger partial charge in [0.05, 0.1) is 11.0 Å². The maximum Gasteiger partial charge on any atom is 0.269 e. The minimum Gasteiger partial charge on any atom is -0.406 e. The Morgan fingerprint density at radius 1 is 1.33 bits per heavy atom. The zero-order valence-corrected chi connectivity index (χ0v) is 13.4. The Bertz CT molecular complexity index is 560. The molecule has 0 spiro atoms. The summed E-state index contributed by atoms with van der Waals surface area (Å²) in [5.74, 6) is 0.591. The first-order valence-corrected chi connectivity index (χ1v) is 7.18. The molecule has 7 heteroatoms. The fourth-order valence-electron chi connectivity index (χ4n) is 1.98. The topological polar surface area (TPSA) is 55.6 Å². The van der Waals surface area contributed by atoms with Crippen LogP contribution in [0.3, 0.4) is 0 Å². The van der Waals surface area contributed by atoms with E-state index in [-0.39, 0.29) is 24.1 Å². The highest BCUT2D eigenvalue weighted by Crippen LogP contribution is 2.28. The van der Waals surface area contributed by atoms with Crippen LogP contribution < -0.4 is 4.84 Å². The first kappa shape index (κ1) is 17.4. The molecule has 21 heavy (non-hydrogen) atoms. The number of hydrogen-bond donors (Lipinski definition) is 0. The van der Waals surface area contributed by atoms with Crippen molar-refractivity contribution in [1.82, 2.24) is 5.06 Å². The number of hydrogen-bond acceptors (Lipinski definition) is 5. The standard InChI is InChI=1S/C14H16N2O3S.ClH/c1-3-13(14-5-4-10-20-14)15(2)19-12-8-6-11(7-9-12)16(17)18;/h4-10,13H,3H2,1-2H3;1H. The number of nitro benzene ring substituents is 1. The van der Waals surface area contributed by atoms with Crippen molar-refractivity contribution >= 4 is 29.4 Å². The summed E-state index contributed by atoms with van der Waals surface area (Å²) in [5.41, 5.74) is 0.0605. The molecule has 1 aromatic heterocycles. The highest BCUT2D eigenvalue weighted by atomic mass is 35.5. The van der Waals surface area contributed by atoms with Gasteiger partial charge in [-0.3, -0.25) is 10.1 Å². The summed E-state index contributed by atoms with van der Waals surface area (Å²) in [6, 6.07) is 10.4. The van der Waals surface area contributed by atoms with Gasteiger partial charge in [-0.2, -0.15) is 0 Å². The summed E-state index contributed by atoms with van der Waals surface area (Å²) in [5, 5.41) is 14.4. The first-order chi connectivity index (χ1) is 9.61. The van der Waals surface area contributed by atoms with Crippen LogP contribution in [0.1, 0.15) is 24.3 Å². The molecule has 0 N–H and O–H groups in total. The Morgan fingerprint density at radius 3 is 2.48 bits per heavy atom. The highest BCUT2D eigenvalue weighted by Gasteiger charge is 2.18. The fourth-order valence-corrected chi connectivity index (χ4v) is 2.92. The third-order valence-electron chi connectivity index (χ3n) is 2.99. The molecule has 0 bridgehead atoms. The largest absolute Gasteiger partial charge is 0.406 e. The molecule has 5 nitrogen and oxygen atoms in total. The normalized spacial score (nSPS) is 11.8. The Hall–Kier alpha value is -1.63. The van der Waals surface area contributed by atoms with Gasteiger partial charge in [0, 0.05) is 24.1 Å². The summed E-state index contributed by atoms with van der Waals surface area (Å²) in [7, 11) is 1.87. The van der Waals surface area contributed by atoms with Crippen LogP contribution >= 0.6 is 23.7 Å². The van der Waals surface area contributed by atoms with E-state index in [0.717, 1.165) is 6.42 Å². The lowest BCUT2D eigenvalue weighted by atomic mass is 10.2. The maximum absolute atomic E-state index is 10.6. The van der Waals surface area contributed by atoms with E-state index < -0.39 is 4.92 Å². The molecule has 0 aliphatic heterocycles. The molecular formula is C14H17ClN2O3S. The average molecular weight is 329 g/mol. The lowest BCUT2D eigenvalue weighted by Gasteiger charge is -2.25. The number of non-ortho nitro benzene ring substituents is 1. The number of thiophene rings is 1. The zero-order valence-electron chi connectivity index (χ0n) is 11.8. The summed E-state index contributed by atoms with van der Waals surface area (Å²) < 4.78 is 0. The molecule has 0 fully saturated rings. The molecule has 0 aliphatic carbocycles. The van der Waals surface area contributed by atoms with Crippen LogP contribution in [0.2, 0.25) is 0 Å². The summed E-state index contributed by atoms with van der Waals surface area (Å²) in [4.78, 5) is 17.2. The quantitative estimate of drug-likeness (QED) is 0.580. The zero-order chi connectivity index (χ0) is 14.5. The predicted octanol–water partition coefficient (Wildman–Crippen LogP) is 4.46. The molecule has 0 saturated heterocycles. The van der Waals surface area contributed by atoms with Crippen molar-refractivity contribution in [3.05, 3.63) is 56.8 Å². The molecule has 1 unspecified atom stereocenters. The molecule has 0 aliphatic rings. The van der Waals surface area contributed by atoms with Crippen molar-refractivity contribution < 1.29 is 9.76 Å². The molecule has 1 atom stereocenters. The monoisotopic (exact) mass is 328 g/mol. The van der Waals surface area contributed by atoms with Crippen LogP contribution in [0.25, 0.3) is 0 Å². The Labute approximate surface area is 133 Å². The molecule has 1 heterocycles. The molecule has 2 rings (SSSR count). The molecule has 1 aromatic carbocycles. The first-order valence-electron chi connectivity index (χ1n) is 6.30. The number of halogens is 1. The molecule has 0 radical (unpaired) electrons. The van der Waals surface area contributed by atoms with Crippen molar-refractivity contribution in [1.29, 1.82) is 0 Å². The number of rotatable bonds is 6. The third-order valence-corrected chi connectivity index (χ3v) is 3.97. The smallest absolute Gasteiger partial charge is 0.269 e. The van der Waals surface area contributed by atoms with E-state index >= 15 is 0 Å². The second-order valence-corrected chi connectivity index (χ2v) is 5.31. The van der Waals surface area contributed by atoms with Gasteiger partial charge in [0.25, 0.3) is 5.69 Å². The molecule has 0 saturated carbocycles. The fraction of sp³-hybridized carbons (Fsp3) is 0.286. The van der Waals surface area contributed by atoms with Gasteiger partial charge in [0.15, 0.2) is 0 Å². The lowest BCUT2D eigenvalue weighted by Crippen LogP contribution is -2.27. The van der Waals surface area contributed by atoms with Crippen LogP contribution in [-0.4, -0.2) is 17.0 Å². The summed E-state index contributed by atoms with van der Waals surface area (Å²) in [6.45, 7) is 2.10. The minimum atomic E-state index is -0.423. The van der Waals surface area contributed by atoms with Gasteiger partial charge in [-0.1, -0.05) is 13.0 Å². The van der Waals surface area contributed by atoms with Gasteiger partial charge in [-0.05, 0) is 30.0 Å². The van der Waals surface area contributed by atoms with E-state index in [4.69, 9.17) is 4.84 Å². The summed E-state index contributed by atoms with van der Waals surface area (Å²) >= 11 is 1.69. The van der Waals surface area contributed by atoms with Crippen molar-refractivity contribution in [3.8, 4) is 5.75 Å². The Balaban J connectivity index is 0.00000220. The van der Waals surface area contributed by atoms with E-state index in [1.54, 1.807) is 28.5 Å². The third kappa shape index (κ3) is 4.42. The van der Waals surface area contributed by atoms with Gasteiger partial charge in [-0.25, -0.2) is 0 Å². The number of benzene rings is 1. The Kier molecular flexibility index (Phi) is 6.61. The minimum absolute atomic E-state index is 0. The van der Waals surface area contributed by atoms with Gasteiger partial charge < -0.3 is 4.84 Å². The van der Waals surface area contributed by atoms with Gasteiger partial charge in [0.2, 0.25) is 0 Å². The number of nitrogens with zero attached hydrogens (tertiary/aromatic N) is 2. The molecule has 0 amide bonds. The van der Waals surface area contributed by atoms with Crippen molar-refractivity contribution in [2.75, 3.05) is 7.05 Å². The van der Waals surface area contributed by atoms with Crippen LogP contribution in [-0.2, 0) is 0 Å². The van der Waals surface area contributed by atoms with Gasteiger partial charge in [0.1, 0.15) is 5.75 Å². The van der Waals surface area contributed by atoms with E-state index in [9.17, 15) is 10.1 Å². The van der Waals surface area contributed by atoms with Gasteiger partial charge >= 0.3 is 0 Å². The van der Waals surface area contributed by atoms with Crippen LogP contribution in [0, 0.1) is 10.1 Å². The van der Waals surface area contributed by atoms with Crippen LogP contribution in [0.4, 0.5) is 5.69 Å². The maximum atomic E-state index is 10.6. The molecule has 114 valence electrons. The second kappa shape index (κ2) is 7.97. The van der Waals surface area contributed by atoms with Gasteiger partial charge in [-0.15, -0.1) is 28.8 Å². The van der Waals surface area contributed by atoms with Crippen LogP contribution in [0.5, 0.6) is 5.75 Å². The van der Waals surface area contributed by atoms with E-state index in [0.29, 0.717) is 5.75 Å². The Morgan fingerprint density at radius 2 is 2.00 bits per heavy atom. The average Bonchev–Trinajstić information content (AvgIpc) is 2.94. The predicted molar refractivity (Wildman–Crippen MR) is 86.1 cm³/mol. The summed E-state index contributed by atoms with van der Waals surface area (Å²) in [6.07, 6.45) is 0.921. The van der Waals surface area contributed by atoms with E-state index in [2.05, 4.69) is 13.0 Å². The van der Waals surface area contributed by atoms with Crippen molar-refractivity contribution in [2.24, 2.45) is 0 Å². The van der Waals surface area contributed by atoms with E-state index in [1.807, 2.05) is 18.5 Å². The highest BCUT2D eigenvalue weighted by molar-refractivity contribution is 7.10. The van der Waals surface area contributed by atoms with Crippen molar-refractivity contribution in [2.45, 2.75) is 19.4 Å². The molecule has 2 aromatic rings. The van der Waals surface area contributed by atoms with Crippen molar-refractivity contribution in [3.63, 3.8) is 0 Å². The lowest BCUT2D eigenvalue weighted by molar-refractivity contribution is -0.384. The van der Waals surface area contributed by atoms with Crippen LogP contribution in [0.15, 0.2) is 41.8 Å².